The second kappa shape index (κ2) is 6.68. The standard InChI is InChI=1S/C17H11Cl2N5OS/c18-10-4-3-7-13(16(10)19)24-14(21-22-17(24)26)9-23-12-6-2-1-5-11(12)20-8-15(23)25/h1-8H,9H2,(H,22,26). The van der Waals surface area contributed by atoms with Gasteiger partial charge in [-0.1, -0.05) is 41.4 Å². The van der Waals surface area contributed by atoms with Gasteiger partial charge in [0.25, 0.3) is 5.56 Å². The summed E-state index contributed by atoms with van der Waals surface area (Å²) in [7, 11) is 0. The topological polar surface area (TPSA) is 68.5 Å². The number of benzene rings is 2. The van der Waals surface area contributed by atoms with Crippen molar-refractivity contribution in [3.05, 3.63) is 79.7 Å². The lowest BCUT2D eigenvalue weighted by Gasteiger charge is -2.12. The van der Waals surface area contributed by atoms with Crippen LogP contribution in [0.2, 0.25) is 10.0 Å². The van der Waals surface area contributed by atoms with Crippen LogP contribution >= 0.6 is 35.4 Å². The Labute approximate surface area is 162 Å². The fraction of sp³-hybridized carbons (Fsp3) is 0.0588. The van der Waals surface area contributed by atoms with E-state index >= 15 is 0 Å². The number of nitrogens with one attached hydrogen (secondary N) is 1. The molecule has 130 valence electrons. The van der Waals surface area contributed by atoms with Crippen LogP contribution in [-0.2, 0) is 6.54 Å². The summed E-state index contributed by atoms with van der Waals surface area (Å²) in [6.45, 7) is 0.192. The fourth-order valence-electron chi connectivity index (χ4n) is 2.77. The molecule has 1 N–H and O–H groups in total. The van der Waals surface area contributed by atoms with Gasteiger partial charge >= 0.3 is 0 Å². The summed E-state index contributed by atoms with van der Waals surface area (Å²) in [5.74, 6) is 0.526. The Hall–Kier alpha value is -2.48. The van der Waals surface area contributed by atoms with Crippen LogP contribution in [0.1, 0.15) is 5.82 Å². The van der Waals surface area contributed by atoms with E-state index in [2.05, 4.69) is 15.2 Å². The Kier molecular flexibility index (Phi) is 4.36. The molecule has 2 heterocycles. The normalized spacial score (nSPS) is 11.2. The number of hydrogen-bond donors (Lipinski definition) is 1. The maximum absolute atomic E-state index is 12.4. The highest BCUT2D eigenvalue weighted by molar-refractivity contribution is 7.71. The number of nitrogens with zero attached hydrogens (tertiary/aromatic N) is 4. The number of halogens is 2. The molecule has 4 rings (SSSR count). The highest BCUT2D eigenvalue weighted by atomic mass is 35.5. The summed E-state index contributed by atoms with van der Waals surface area (Å²) in [6, 6.07) is 12.7. The molecule has 0 radical (unpaired) electrons. The number of hydrogen-bond acceptors (Lipinski definition) is 4. The SMILES string of the molecule is O=c1cnc2ccccc2n1Cc1n[nH]c(=S)n1-c1cccc(Cl)c1Cl. The first-order chi connectivity index (χ1) is 12.6. The van der Waals surface area contributed by atoms with Crippen LogP contribution in [0.25, 0.3) is 16.7 Å². The van der Waals surface area contributed by atoms with Gasteiger partial charge in [0.05, 0.1) is 39.5 Å². The molecule has 0 saturated carbocycles. The highest BCUT2D eigenvalue weighted by Gasteiger charge is 2.15. The molecule has 0 atom stereocenters. The number of H-pyrrole nitrogens is 1. The average molecular weight is 404 g/mol. The highest BCUT2D eigenvalue weighted by Crippen LogP contribution is 2.29. The number of para-hydroxylation sites is 2. The van der Waals surface area contributed by atoms with Gasteiger partial charge in [-0.3, -0.25) is 19.0 Å². The van der Waals surface area contributed by atoms with E-state index in [1.807, 2.05) is 24.3 Å². The lowest BCUT2D eigenvalue weighted by Crippen LogP contribution is -2.22. The van der Waals surface area contributed by atoms with Crippen LogP contribution in [0.3, 0.4) is 0 Å². The molecule has 2 aromatic heterocycles. The van der Waals surface area contributed by atoms with Crippen LogP contribution in [0, 0.1) is 4.77 Å². The van der Waals surface area contributed by atoms with Gasteiger partial charge in [0.2, 0.25) is 0 Å². The molecule has 0 saturated heterocycles. The molecule has 9 heteroatoms. The first-order valence-corrected chi connectivity index (χ1v) is 8.78. The van der Waals surface area contributed by atoms with Crippen molar-refractivity contribution >= 4 is 46.5 Å². The number of fused-ring (bicyclic) bond motifs is 1. The summed E-state index contributed by atoms with van der Waals surface area (Å²) in [6.07, 6.45) is 1.29. The lowest BCUT2D eigenvalue weighted by atomic mass is 10.3. The molecule has 0 aliphatic heterocycles. The van der Waals surface area contributed by atoms with Gasteiger partial charge in [-0.2, -0.15) is 5.10 Å². The molecule has 0 amide bonds. The second-order valence-corrected chi connectivity index (χ2v) is 6.70. The summed E-state index contributed by atoms with van der Waals surface area (Å²) in [5, 5.41) is 7.79. The summed E-state index contributed by atoms with van der Waals surface area (Å²) in [4.78, 5) is 16.6. The molecule has 0 fully saturated rings. The first kappa shape index (κ1) is 17.0. The van der Waals surface area contributed by atoms with Crippen molar-refractivity contribution in [3.63, 3.8) is 0 Å². The van der Waals surface area contributed by atoms with Crippen molar-refractivity contribution in [1.82, 2.24) is 24.3 Å². The quantitative estimate of drug-likeness (QED) is 0.525. The Morgan fingerprint density at radius 1 is 1.12 bits per heavy atom. The zero-order chi connectivity index (χ0) is 18.3. The summed E-state index contributed by atoms with van der Waals surface area (Å²) in [5.41, 5.74) is 1.78. The molecular weight excluding hydrogens is 393 g/mol. The molecule has 0 aliphatic carbocycles. The maximum atomic E-state index is 12.4. The monoisotopic (exact) mass is 403 g/mol. The number of rotatable bonds is 3. The Balaban J connectivity index is 1.90. The van der Waals surface area contributed by atoms with Crippen LogP contribution < -0.4 is 5.56 Å². The molecular formula is C17H11Cl2N5OS. The molecule has 6 nitrogen and oxygen atoms in total. The third-order valence-electron chi connectivity index (χ3n) is 3.97. The molecule has 0 unspecified atom stereocenters. The summed E-state index contributed by atoms with van der Waals surface area (Å²) >= 11 is 17.8. The fourth-order valence-corrected chi connectivity index (χ4v) is 3.40. The molecule has 2 aromatic carbocycles. The van der Waals surface area contributed by atoms with Crippen molar-refractivity contribution in [2.24, 2.45) is 0 Å². The minimum Gasteiger partial charge on any atom is -0.298 e. The third kappa shape index (κ3) is 2.84. The maximum Gasteiger partial charge on any atom is 0.269 e. The zero-order valence-corrected chi connectivity index (χ0v) is 15.5. The second-order valence-electron chi connectivity index (χ2n) is 5.52. The van der Waals surface area contributed by atoms with Crippen LogP contribution in [0.15, 0.2) is 53.5 Å². The molecule has 0 spiro atoms. The first-order valence-electron chi connectivity index (χ1n) is 7.61. The van der Waals surface area contributed by atoms with E-state index in [1.54, 1.807) is 27.3 Å². The smallest absolute Gasteiger partial charge is 0.269 e. The Bertz CT molecular complexity index is 1240. The van der Waals surface area contributed by atoms with E-state index in [4.69, 9.17) is 35.4 Å². The third-order valence-corrected chi connectivity index (χ3v) is 5.05. The van der Waals surface area contributed by atoms with Crippen molar-refractivity contribution in [2.75, 3.05) is 0 Å². The molecule has 0 aliphatic rings. The van der Waals surface area contributed by atoms with E-state index in [-0.39, 0.29) is 12.1 Å². The van der Waals surface area contributed by atoms with E-state index < -0.39 is 0 Å². The van der Waals surface area contributed by atoms with Crippen molar-refractivity contribution < 1.29 is 0 Å². The van der Waals surface area contributed by atoms with E-state index in [0.29, 0.717) is 37.4 Å². The van der Waals surface area contributed by atoms with E-state index in [0.717, 1.165) is 0 Å². The predicted octanol–water partition coefficient (Wildman–Crippen LogP) is 3.99. The van der Waals surface area contributed by atoms with E-state index in [1.165, 1.54) is 6.20 Å². The van der Waals surface area contributed by atoms with Crippen molar-refractivity contribution in [1.29, 1.82) is 0 Å². The average Bonchev–Trinajstić information content (AvgIpc) is 3.00. The van der Waals surface area contributed by atoms with Gasteiger partial charge in [-0.05, 0) is 36.5 Å². The number of aromatic amines is 1. The van der Waals surface area contributed by atoms with E-state index in [9.17, 15) is 4.79 Å². The largest absolute Gasteiger partial charge is 0.298 e. The molecule has 0 bridgehead atoms. The van der Waals surface area contributed by atoms with Gasteiger partial charge in [0, 0.05) is 0 Å². The number of aromatic nitrogens is 5. The van der Waals surface area contributed by atoms with Crippen LogP contribution in [0.5, 0.6) is 0 Å². The van der Waals surface area contributed by atoms with Gasteiger partial charge in [-0.15, -0.1) is 0 Å². The minimum absolute atomic E-state index is 0.192. The minimum atomic E-state index is -0.235. The predicted molar refractivity (Wildman–Crippen MR) is 104 cm³/mol. The Morgan fingerprint density at radius 3 is 2.77 bits per heavy atom. The van der Waals surface area contributed by atoms with Crippen LogP contribution in [0.4, 0.5) is 0 Å². The van der Waals surface area contributed by atoms with Crippen molar-refractivity contribution in [2.45, 2.75) is 6.54 Å². The van der Waals surface area contributed by atoms with Gasteiger partial charge < -0.3 is 0 Å². The Morgan fingerprint density at radius 2 is 1.92 bits per heavy atom. The van der Waals surface area contributed by atoms with Gasteiger partial charge in [0.1, 0.15) is 0 Å². The molecule has 26 heavy (non-hydrogen) atoms. The van der Waals surface area contributed by atoms with Crippen molar-refractivity contribution in [3.8, 4) is 5.69 Å². The summed E-state index contributed by atoms with van der Waals surface area (Å²) < 4.78 is 3.61. The van der Waals surface area contributed by atoms with Gasteiger partial charge in [0.15, 0.2) is 10.6 Å². The zero-order valence-electron chi connectivity index (χ0n) is 13.2. The molecule has 4 aromatic rings. The van der Waals surface area contributed by atoms with Gasteiger partial charge in [-0.25, -0.2) is 4.98 Å². The lowest BCUT2D eigenvalue weighted by molar-refractivity contribution is 0.718. The van der Waals surface area contributed by atoms with Crippen LogP contribution in [-0.4, -0.2) is 24.3 Å².